The van der Waals surface area contributed by atoms with E-state index in [9.17, 15) is 0 Å². The molecule has 0 unspecified atom stereocenters. The van der Waals surface area contributed by atoms with E-state index in [4.69, 9.17) is 4.74 Å². The average molecular weight is 339 g/mol. The zero-order chi connectivity index (χ0) is 14.0. The molecule has 0 N–H and O–H groups in total. The van der Waals surface area contributed by atoms with Gasteiger partial charge in [0.1, 0.15) is 0 Å². The van der Waals surface area contributed by atoms with Crippen LogP contribution in [0.4, 0.5) is 0 Å². The van der Waals surface area contributed by atoms with Gasteiger partial charge in [0.25, 0.3) is 0 Å². The molecule has 1 aliphatic carbocycles. The summed E-state index contributed by atoms with van der Waals surface area (Å²) in [6.07, 6.45) is 10.7. The molecule has 0 atom stereocenters. The molecule has 20 heavy (non-hydrogen) atoms. The van der Waals surface area contributed by atoms with Gasteiger partial charge in [0.2, 0.25) is 0 Å². The molecule has 0 spiro atoms. The van der Waals surface area contributed by atoms with Crippen molar-refractivity contribution in [1.82, 2.24) is 0 Å². The summed E-state index contributed by atoms with van der Waals surface area (Å²) in [5.74, 6) is 0.866. The fourth-order valence-corrected chi connectivity index (χ4v) is 3.47. The fraction of sp³-hybridized carbons (Fsp3) is 0.667. The highest BCUT2D eigenvalue weighted by atomic mass is 79.9. The van der Waals surface area contributed by atoms with Crippen LogP contribution in [-0.2, 0) is 11.2 Å². The van der Waals surface area contributed by atoms with Crippen molar-refractivity contribution in [3.63, 3.8) is 0 Å². The number of alkyl halides is 1. The maximum atomic E-state index is 6.01. The first-order valence-corrected chi connectivity index (χ1v) is 9.22. The van der Waals surface area contributed by atoms with E-state index in [1.165, 1.54) is 56.9 Å². The normalized spacial score (nSPS) is 22.9. The number of benzene rings is 1. The minimum atomic E-state index is 0.533. The molecule has 0 amide bonds. The Morgan fingerprint density at radius 2 is 1.70 bits per heavy atom. The Hall–Kier alpha value is -0.340. The van der Waals surface area contributed by atoms with Gasteiger partial charge in [0.05, 0.1) is 6.10 Å². The second-order valence-electron chi connectivity index (χ2n) is 5.95. The SMILES string of the molecule is BrCCCCCOC1CCC(Cc2ccccc2)CC1. The second-order valence-corrected chi connectivity index (χ2v) is 6.75. The van der Waals surface area contributed by atoms with Crippen LogP contribution in [0.3, 0.4) is 0 Å². The lowest BCUT2D eigenvalue weighted by Gasteiger charge is -2.28. The molecule has 1 aromatic rings. The summed E-state index contributed by atoms with van der Waals surface area (Å²) >= 11 is 3.47. The van der Waals surface area contributed by atoms with E-state index in [1.807, 2.05) is 0 Å². The molecule has 1 nitrogen and oxygen atoms in total. The van der Waals surface area contributed by atoms with Gasteiger partial charge in [-0.25, -0.2) is 0 Å². The van der Waals surface area contributed by atoms with Gasteiger partial charge >= 0.3 is 0 Å². The third-order valence-corrected chi connectivity index (χ3v) is 4.85. The Morgan fingerprint density at radius 3 is 2.40 bits per heavy atom. The average Bonchev–Trinajstić information content (AvgIpc) is 2.50. The Kier molecular flexibility index (Phi) is 7.67. The molecule has 0 bridgehead atoms. The number of rotatable bonds is 8. The Labute approximate surface area is 132 Å². The largest absolute Gasteiger partial charge is 0.378 e. The van der Waals surface area contributed by atoms with Crippen LogP contribution in [0.5, 0.6) is 0 Å². The van der Waals surface area contributed by atoms with Crippen LogP contribution in [0.25, 0.3) is 0 Å². The van der Waals surface area contributed by atoms with E-state index in [1.54, 1.807) is 0 Å². The summed E-state index contributed by atoms with van der Waals surface area (Å²) in [4.78, 5) is 0. The number of ether oxygens (including phenoxy) is 1. The van der Waals surface area contributed by atoms with Crippen molar-refractivity contribution in [2.75, 3.05) is 11.9 Å². The quantitative estimate of drug-likeness (QED) is 0.457. The summed E-state index contributed by atoms with van der Waals surface area (Å²) in [7, 11) is 0. The van der Waals surface area contributed by atoms with E-state index in [0.29, 0.717) is 6.10 Å². The van der Waals surface area contributed by atoms with Gasteiger partial charge < -0.3 is 4.74 Å². The standard InChI is InChI=1S/C18H27BrO/c19-13-5-2-6-14-20-18-11-9-17(10-12-18)15-16-7-3-1-4-8-16/h1,3-4,7-8,17-18H,2,5-6,9-15H2. The van der Waals surface area contributed by atoms with Crippen molar-refractivity contribution in [3.8, 4) is 0 Å². The van der Waals surface area contributed by atoms with E-state index in [0.717, 1.165) is 17.9 Å². The van der Waals surface area contributed by atoms with Gasteiger partial charge in [-0.2, -0.15) is 0 Å². The van der Waals surface area contributed by atoms with E-state index in [2.05, 4.69) is 46.3 Å². The van der Waals surface area contributed by atoms with Gasteiger partial charge in [-0.1, -0.05) is 52.7 Å². The zero-order valence-corrected chi connectivity index (χ0v) is 14.0. The first-order chi connectivity index (χ1) is 9.88. The molecule has 1 fully saturated rings. The Bertz CT molecular complexity index is 344. The molecular weight excluding hydrogens is 312 g/mol. The van der Waals surface area contributed by atoms with E-state index >= 15 is 0 Å². The lowest BCUT2D eigenvalue weighted by atomic mass is 9.83. The summed E-state index contributed by atoms with van der Waals surface area (Å²) in [6, 6.07) is 10.9. The third-order valence-electron chi connectivity index (χ3n) is 4.29. The highest BCUT2D eigenvalue weighted by Gasteiger charge is 2.21. The van der Waals surface area contributed by atoms with Crippen LogP contribution in [0.2, 0.25) is 0 Å². The minimum absolute atomic E-state index is 0.533. The smallest absolute Gasteiger partial charge is 0.0575 e. The molecule has 2 heteroatoms. The zero-order valence-electron chi connectivity index (χ0n) is 12.4. The van der Waals surface area contributed by atoms with Crippen molar-refractivity contribution < 1.29 is 4.74 Å². The highest BCUT2D eigenvalue weighted by molar-refractivity contribution is 9.09. The lowest BCUT2D eigenvalue weighted by molar-refractivity contribution is 0.0163. The molecule has 1 aliphatic rings. The second kappa shape index (κ2) is 9.57. The molecule has 1 aromatic carbocycles. The summed E-state index contributed by atoms with van der Waals surface area (Å²) < 4.78 is 6.01. The number of hydrogen-bond acceptors (Lipinski definition) is 1. The lowest BCUT2D eigenvalue weighted by Crippen LogP contribution is -2.23. The molecule has 0 aromatic heterocycles. The molecule has 1 saturated carbocycles. The number of hydrogen-bond donors (Lipinski definition) is 0. The van der Waals surface area contributed by atoms with Crippen molar-refractivity contribution in [3.05, 3.63) is 35.9 Å². The predicted molar refractivity (Wildman–Crippen MR) is 89.5 cm³/mol. The first-order valence-electron chi connectivity index (χ1n) is 8.10. The van der Waals surface area contributed by atoms with Crippen molar-refractivity contribution in [1.29, 1.82) is 0 Å². The number of halogens is 1. The van der Waals surface area contributed by atoms with Crippen molar-refractivity contribution in [2.24, 2.45) is 5.92 Å². The Morgan fingerprint density at radius 1 is 0.950 bits per heavy atom. The van der Waals surface area contributed by atoms with Gasteiger partial charge in [-0.15, -0.1) is 0 Å². The van der Waals surface area contributed by atoms with E-state index in [-0.39, 0.29) is 0 Å². The van der Waals surface area contributed by atoms with Crippen LogP contribution in [0.15, 0.2) is 30.3 Å². The molecule has 112 valence electrons. The number of unbranched alkanes of at least 4 members (excludes halogenated alkanes) is 2. The molecule has 0 saturated heterocycles. The van der Waals surface area contributed by atoms with Gasteiger partial charge in [-0.05, 0) is 56.4 Å². The molecule has 0 aliphatic heterocycles. The van der Waals surface area contributed by atoms with Crippen LogP contribution in [0.1, 0.15) is 50.5 Å². The van der Waals surface area contributed by atoms with Crippen molar-refractivity contribution in [2.45, 2.75) is 57.5 Å². The maximum absolute atomic E-state index is 6.01. The molecule has 0 radical (unpaired) electrons. The summed E-state index contributed by atoms with van der Waals surface area (Å²) in [5, 5.41) is 1.12. The first kappa shape index (κ1) is 16.0. The van der Waals surface area contributed by atoms with Gasteiger partial charge in [0.15, 0.2) is 0 Å². The third kappa shape index (κ3) is 5.97. The van der Waals surface area contributed by atoms with Crippen LogP contribution >= 0.6 is 15.9 Å². The highest BCUT2D eigenvalue weighted by Crippen LogP contribution is 2.29. The van der Waals surface area contributed by atoms with Crippen molar-refractivity contribution >= 4 is 15.9 Å². The topological polar surface area (TPSA) is 9.23 Å². The predicted octanol–water partition coefficient (Wildman–Crippen LogP) is 5.37. The molecule has 2 rings (SSSR count). The van der Waals surface area contributed by atoms with Crippen LogP contribution in [-0.4, -0.2) is 18.0 Å². The van der Waals surface area contributed by atoms with Gasteiger partial charge in [0, 0.05) is 11.9 Å². The molecule has 0 heterocycles. The summed E-state index contributed by atoms with van der Waals surface area (Å²) in [5.41, 5.74) is 1.49. The maximum Gasteiger partial charge on any atom is 0.0575 e. The Balaban J connectivity index is 1.58. The van der Waals surface area contributed by atoms with Crippen LogP contribution in [0, 0.1) is 5.92 Å². The van der Waals surface area contributed by atoms with Crippen LogP contribution < -0.4 is 0 Å². The van der Waals surface area contributed by atoms with Gasteiger partial charge in [-0.3, -0.25) is 0 Å². The minimum Gasteiger partial charge on any atom is -0.378 e. The fourth-order valence-electron chi connectivity index (χ4n) is 3.07. The molecular formula is C18H27BrO. The van der Waals surface area contributed by atoms with E-state index < -0.39 is 0 Å². The summed E-state index contributed by atoms with van der Waals surface area (Å²) in [6.45, 7) is 0.959. The monoisotopic (exact) mass is 338 g/mol.